The maximum atomic E-state index is 12.3. The molecule has 6 heteroatoms. The van der Waals surface area contributed by atoms with Gasteiger partial charge in [0.15, 0.2) is 0 Å². The molecular formula is C15H15N3O2S. The molecule has 2 saturated heterocycles. The summed E-state index contributed by atoms with van der Waals surface area (Å²) in [5, 5.41) is -0.0993. The molecule has 2 aliphatic heterocycles. The van der Waals surface area contributed by atoms with Crippen LogP contribution < -0.4 is 0 Å². The smallest absolute Gasteiger partial charge is 0.254 e. The highest BCUT2D eigenvalue weighted by atomic mass is 32.2. The highest BCUT2D eigenvalue weighted by Crippen LogP contribution is 2.52. The van der Waals surface area contributed by atoms with E-state index in [2.05, 4.69) is 9.98 Å². The van der Waals surface area contributed by atoms with Gasteiger partial charge in [0.05, 0.1) is 16.0 Å². The monoisotopic (exact) mass is 301 g/mol. The summed E-state index contributed by atoms with van der Waals surface area (Å²) in [4.78, 5) is 33.6. The number of aromatic nitrogens is 1. The van der Waals surface area contributed by atoms with Crippen LogP contribution in [0.4, 0.5) is 0 Å². The number of hydrogen-bond donors (Lipinski definition) is 0. The van der Waals surface area contributed by atoms with Crippen LogP contribution in [0.5, 0.6) is 0 Å². The number of pyridine rings is 1. The van der Waals surface area contributed by atoms with Crippen molar-refractivity contribution in [2.24, 2.45) is 4.99 Å². The molecule has 1 unspecified atom stereocenters. The third kappa shape index (κ3) is 2.10. The Morgan fingerprint density at radius 1 is 1.48 bits per heavy atom. The topological polar surface area (TPSA) is 62.6 Å². The molecule has 0 N–H and O–H groups in total. The van der Waals surface area contributed by atoms with Gasteiger partial charge in [-0.1, -0.05) is 6.07 Å². The van der Waals surface area contributed by atoms with Gasteiger partial charge in [0.1, 0.15) is 17.7 Å². The Morgan fingerprint density at radius 2 is 2.29 bits per heavy atom. The first-order valence-electron chi connectivity index (χ1n) is 6.62. The molecule has 0 saturated carbocycles. The Hall–Kier alpha value is -1.95. The number of rotatable bonds is 3. The first-order valence-corrected chi connectivity index (χ1v) is 7.50. The summed E-state index contributed by atoms with van der Waals surface area (Å²) in [7, 11) is 1.68. The van der Waals surface area contributed by atoms with Gasteiger partial charge in [-0.05, 0) is 25.1 Å². The zero-order valence-corrected chi connectivity index (χ0v) is 12.6. The zero-order chi connectivity index (χ0) is 15.0. The van der Waals surface area contributed by atoms with Gasteiger partial charge in [-0.2, -0.15) is 0 Å². The number of carbonyl (C=O) groups is 2. The molecule has 5 nitrogen and oxygen atoms in total. The number of aliphatic imine (C=N–C) groups is 1. The standard InChI is InChI=1S/C15H15N3O2S/c1-15(9-16-2)12(8-19)18-13(20)11(14(18)21-15)7-10-5-3-4-6-17-10/h3-9,12,14H,1-2H3/b11-7-,16-9?/t12-,14?,15-/m0/s1. The van der Waals surface area contributed by atoms with Gasteiger partial charge < -0.3 is 9.69 Å². The second kappa shape index (κ2) is 5.11. The van der Waals surface area contributed by atoms with Crippen molar-refractivity contribution in [3.05, 3.63) is 35.7 Å². The number of amides is 1. The predicted molar refractivity (Wildman–Crippen MR) is 83.1 cm³/mol. The largest absolute Gasteiger partial charge is 0.311 e. The number of fused-ring (bicyclic) bond motifs is 1. The van der Waals surface area contributed by atoms with E-state index in [0.717, 1.165) is 12.0 Å². The van der Waals surface area contributed by atoms with Gasteiger partial charge in [0, 0.05) is 19.5 Å². The first kappa shape index (κ1) is 14.0. The third-order valence-corrected chi connectivity index (χ3v) is 5.32. The second-order valence-electron chi connectivity index (χ2n) is 5.19. The van der Waals surface area contributed by atoms with Crippen molar-refractivity contribution < 1.29 is 9.59 Å². The highest BCUT2D eigenvalue weighted by Gasteiger charge is 2.59. The van der Waals surface area contributed by atoms with Crippen LogP contribution in [0.25, 0.3) is 6.08 Å². The minimum Gasteiger partial charge on any atom is -0.311 e. The fourth-order valence-electron chi connectivity index (χ4n) is 2.74. The number of thioether (sulfide) groups is 1. The minimum absolute atomic E-state index is 0.0940. The molecule has 1 amide bonds. The molecule has 3 atom stereocenters. The molecule has 0 aliphatic carbocycles. The molecule has 0 radical (unpaired) electrons. The summed E-state index contributed by atoms with van der Waals surface area (Å²) in [5.41, 5.74) is 1.44. The minimum atomic E-state index is -0.476. The van der Waals surface area contributed by atoms with E-state index in [4.69, 9.17) is 0 Å². The lowest BCUT2D eigenvalue weighted by molar-refractivity contribution is -0.138. The average molecular weight is 301 g/mol. The number of β-lactam (4-membered cyclic amide) rings is 1. The lowest BCUT2D eigenvalue weighted by atomic mass is 9.95. The van der Waals surface area contributed by atoms with Gasteiger partial charge in [-0.15, -0.1) is 11.8 Å². The maximum absolute atomic E-state index is 12.3. The van der Waals surface area contributed by atoms with E-state index in [9.17, 15) is 9.59 Å². The third-order valence-electron chi connectivity index (χ3n) is 3.76. The van der Waals surface area contributed by atoms with Crippen LogP contribution in [0.2, 0.25) is 0 Å². The van der Waals surface area contributed by atoms with E-state index in [1.54, 1.807) is 42.2 Å². The first-order chi connectivity index (χ1) is 10.1. The predicted octanol–water partition coefficient (Wildman–Crippen LogP) is 1.41. The normalized spacial score (nSPS) is 33.3. The Bertz CT molecular complexity index is 644. The SMILES string of the molecule is CN=C[C@]1(C)SC2/C(=C\c3ccccn3)C(=O)N2[C@H]1C=O. The molecule has 21 heavy (non-hydrogen) atoms. The average Bonchev–Trinajstić information content (AvgIpc) is 2.75. The molecule has 3 heterocycles. The fourth-order valence-corrected chi connectivity index (χ4v) is 4.33. The van der Waals surface area contributed by atoms with Crippen molar-refractivity contribution in [3.8, 4) is 0 Å². The van der Waals surface area contributed by atoms with Crippen LogP contribution in [0.15, 0.2) is 35.0 Å². The van der Waals surface area contributed by atoms with Crippen molar-refractivity contribution in [1.29, 1.82) is 0 Å². The molecule has 1 aromatic rings. The molecule has 2 aliphatic rings. The van der Waals surface area contributed by atoms with E-state index in [1.807, 2.05) is 25.1 Å². The lowest BCUT2D eigenvalue weighted by Crippen LogP contribution is -2.56. The molecule has 0 aromatic carbocycles. The van der Waals surface area contributed by atoms with Crippen molar-refractivity contribution in [3.63, 3.8) is 0 Å². The van der Waals surface area contributed by atoms with Crippen molar-refractivity contribution in [2.45, 2.75) is 23.1 Å². The van der Waals surface area contributed by atoms with Crippen LogP contribution in [-0.2, 0) is 9.59 Å². The summed E-state index contributed by atoms with van der Waals surface area (Å²) in [6.45, 7) is 1.94. The van der Waals surface area contributed by atoms with Crippen molar-refractivity contribution >= 4 is 36.2 Å². The summed E-state index contributed by atoms with van der Waals surface area (Å²) in [5.74, 6) is -0.0940. The van der Waals surface area contributed by atoms with Crippen LogP contribution in [-0.4, -0.2) is 51.5 Å². The summed E-state index contributed by atoms with van der Waals surface area (Å²) >= 11 is 1.58. The Balaban J connectivity index is 1.93. The van der Waals surface area contributed by atoms with E-state index >= 15 is 0 Å². The summed E-state index contributed by atoms with van der Waals surface area (Å²) < 4.78 is -0.476. The second-order valence-corrected chi connectivity index (χ2v) is 6.75. The van der Waals surface area contributed by atoms with Gasteiger partial charge in [0.2, 0.25) is 0 Å². The number of aldehydes is 1. The van der Waals surface area contributed by atoms with E-state index < -0.39 is 10.8 Å². The van der Waals surface area contributed by atoms with Gasteiger partial charge >= 0.3 is 0 Å². The van der Waals surface area contributed by atoms with Crippen LogP contribution in [0.3, 0.4) is 0 Å². The molecule has 3 rings (SSSR count). The van der Waals surface area contributed by atoms with Crippen LogP contribution in [0.1, 0.15) is 12.6 Å². The highest BCUT2D eigenvalue weighted by molar-refractivity contribution is 8.02. The van der Waals surface area contributed by atoms with Gasteiger partial charge in [0.25, 0.3) is 5.91 Å². The van der Waals surface area contributed by atoms with Crippen LogP contribution in [0, 0.1) is 0 Å². The van der Waals surface area contributed by atoms with Crippen LogP contribution >= 0.6 is 11.8 Å². The Kier molecular flexibility index (Phi) is 3.41. The number of carbonyl (C=O) groups excluding carboxylic acids is 2. The zero-order valence-electron chi connectivity index (χ0n) is 11.8. The fraction of sp³-hybridized carbons (Fsp3) is 0.333. The van der Waals surface area contributed by atoms with Gasteiger partial charge in [-0.25, -0.2) is 0 Å². The molecule has 1 aromatic heterocycles. The lowest BCUT2D eigenvalue weighted by Gasteiger charge is -2.38. The van der Waals surface area contributed by atoms with E-state index in [1.165, 1.54) is 0 Å². The quantitative estimate of drug-likeness (QED) is 0.366. The molecule has 0 bridgehead atoms. The summed E-state index contributed by atoms with van der Waals surface area (Å²) in [6, 6.07) is 5.10. The number of hydrogen-bond acceptors (Lipinski definition) is 5. The molecule has 108 valence electrons. The van der Waals surface area contributed by atoms with E-state index in [0.29, 0.717) is 5.57 Å². The van der Waals surface area contributed by atoms with Gasteiger partial charge in [-0.3, -0.25) is 14.8 Å². The Morgan fingerprint density at radius 3 is 2.90 bits per heavy atom. The molecule has 0 spiro atoms. The molecular weight excluding hydrogens is 286 g/mol. The maximum Gasteiger partial charge on any atom is 0.254 e. The molecule has 2 fully saturated rings. The summed E-state index contributed by atoms with van der Waals surface area (Å²) in [6.07, 6.45) is 6.08. The van der Waals surface area contributed by atoms with Crippen molar-refractivity contribution in [2.75, 3.05) is 7.05 Å². The number of nitrogens with zero attached hydrogens (tertiary/aromatic N) is 3. The van der Waals surface area contributed by atoms with E-state index in [-0.39, 0.29) is 11.3 Å². The van der Waals surface area contributed by atoms with Crippen molar-refractivity contribution in [1.82, 2.24) is 9.88 Å². The Labute approximate surface area is 127 Å².